The van der Waals surface area contributed by atoms with E-state index in [2.05, 4.69) is 11.3 Å². The Labute approximate surface area is 208 Å². The van der Waals surface area contributed by atoms with Crippen molar-refractivity contribution in [1.29, 1.82) is 0 Å². The number of benzene rings is 2. The predicted molar refractivity (Wildman–Crippen MR) is 131 cm³/mol. The minimum absolute atomic E-state index is 0.0764. The molecule has 36 heavy (non-hydrogen) atoms. The van der Waals surface area contributed by atoms with Crippen LogP contribution in [0.3, 0.4) is 0 Å². The van der Waals surface area contributed by atoms with Crippen LogP contribution in [-0.4, -0.2) is 62.8 Å². The van der Waals surface area contributed by atoms with E-state index >= 15 is 0 Å². The molecule has 10 heteroatoms. The lowest BCUT2D eigenvalue weighted by atomic mass is 10.1. The summed E-state index contributed by atoms with van der Waals surface area (Å²) in [6, 6.07) is 9.59. The molecule has 0 bridgehead atoms. The number of amides is 2. The number of rotatable bonds is 8. The van der Waals surface area contributed by atoms with E-state index in [4.69, 9.17) is 14.2 Å². The molecule has 2 aliphatic heterocycles. The van der Waals surface area contributed by atoms with E-state index in [1.165, 1.54) is 37.3 Å². The molecule has 190 valence electrons. The first-order chi connectivity index (χ1) is 17.4. The Kier molecular flexibility index (Phi) is 7.44. The van der Waals surface area contributed by atoms with Gasteiger partial charge >= 0.3 is 12.1 Å². The quantitative estimate of drug-likeness (QED) is 0.337. The molecule has 0 saturated carbocycles. The molecule has 0 spiro atoms. The second-order valence-corrected chi connectivity index (χ2v) is 8.27. The van der Waals surface area contributed by atoms with Gasteiger partial charge in [0.05, 0.1) is 38.1 Å². The summed E-state index contributed by atoms with van der Waals surface area (Å²) < 4.78 is 21.2. The van der Waals surface area contributed by atoms with Crippen LogP contribution < -0.4 is 19.3 Å². The van der Waals surface area contributed by atoms with E-state index in [0.717, 1.165) is 10.5 Å². The molecular weight excluding hydrogens is 468 g/mol. The summed E-state index contributed by atoms with van der Waals surface area (Å²) in [6.45, 7) is 3.64. The van der Waals surface area contributed by atoms with Gasteiger partial charge in [-0.1, -0.05) is 30.9 Å². The number of fused-ring (bicyclic) bond motifs is 4. The highest BCUT2D eigenvalue weighted by molar-refractivity contribution is 6.14. The van der Waals surface area contributed by atoms with Crippen LogP contribution in [0.2, 0.25) is 0 Å². The summed E-state index contributed by atoms with van der Waals surface area (Å²) >= 11 is 0. The SMILES string of the molecule is C=CCOC(=O)N1c2cc(OCCCC(=O)OC)c(OC)cc2C(=O)N2c3ccccc3C[C@H]2C1O. The number of aliphatic hydroxyl groups is 1. The normalized spacial score (nSPS) is 17.9. The Morgan fingerprint density at radius 2 is 1.94 bits per heavy atom. The summed E-state index contributed by atoms with van der Waals surface area (Å²) in [6.07, 6.45) is 0.0755. The zero-order valence-electron chi connectivity index (χ0n) is 20.1. The number of hydrogen-bond acceptors (Lipinski definition) is 8. The lowest BCUT2D eigenvalue weighted by Gasteiger charge is -2.31. The standard InChI is InChI=1S/C26H28N2O8/c1-4-11-36-26(32)28-19-15-22(35-12-7-10-23(29)34-3)21(33-2)14-17(19)24(30)27-18-9-6-5-8-16(18)13-20(27)25(28)31/h4-6,8-9,14-15,20,25,31H,1,7,10-13H2,2-3H3/t20-,25?/m0/s1. The monoisotopic (exact) mass is 496 g/mol. The summed E-state index contributed by atoms with van der Waals surface area (Å²) in [5.41, 5.74) is 1.82. The van der Waals surface area contributed by atoms with Crippen LogP contribution in [0.4, 0.5) is 16.2 Å². The van der Waals surface area contributed by atoms with Crippen molar-refractivity contribution in [3.05, 3.63) is 60.2 Å². The third-order valence-corrected chi connectivity index (χ3v) is 6.14. The van der Waals surface area contributed by atoms with E-state index in [1.807, 2.05) is 18.2 Å². The number of hydrogen-bond donors (Lipinski definition) is 1. The zero-order chi connectivity index (χ0) is 25.8. The van der Waals surface area contributed by atoms with Gasteiger partial charge in [0.1, 0.15) is 6.61 Å². The molecule has 0 radical (unpaired) electrons. The second-order valence-electron chi connectivity index (χ2n) is 8.27. The molecule has 0 aromatic heterocycles. The van der Waals surface area contributed by atoms with Gasteiger partial charge in [0.2, 0.25) is 0 Å². The fourth-order valence-electron chi connectivity index (χ4n) is 4.46. The van der Waals surface area contributed by atoms with Gasteiger partial charge in [-0.25, -0.2) is 9.69 Å². The lowest BCUT2D eigenvalue weighted by molar-refractivity contribution is -0.140. The van der Waals surface area contributed by atoms with E-state index < -0.39 is 24.3 Å². The largest absolute Gasteiger partial charge is 0.493 e. The molecule has 0 aliphatic carbocycles. The molecule has 1 unspecified atom stereocenters. The topological polar surface area (TPSA) is 115 Å². The Bertz CT molecular complexity index is 1180. The number of carbonyl (C=O) groups is 3. The van der Waals surface area contributed by atoms with Crippen LogP contribution in [0, 0.1) is 0 Å². The molecule has 0 fully saturated rings. The van der Waals surface area contributed by atoms with Crippen molar-refractivity contribution in [3.8, 4) is 11.5 Å². The number of anilines is 2. The maximum absolute atomic E-state index is 13.8. The Hall–Kier alpha value is -4.05. The molecule has 2 aliphatic rings. The van der Waals surface area contributed by atoms with Crippen LogP contribution in [0.1, 0.15) is 28.8 Å². The van der Waals surface area contributed by atoms with Gasteiger partial charge < -0.3 is 29.0 Å². The third-order valence-electron chi connectivity index (χ3n) is 6.14. The number of carbonyl (C=O) groups excluding carboxylic acids is 3. The first-order valence-electron chi connectivity index (χ1n) is 11.5. The van der Waals surface area contributed by atoms with Gasteiger partial charge in [-0.05, 0) is 30.5 Å². The number of nitrogens with zero attached hydrogens (tertiary/aromatic N) is 2. The first kappa shape index (κ1) is 25.1. The summed E-state index contributed by atoms with van der Waals surface area (Å²) in [5, 5.41) is 11.4. The molecule has 2 heterocycles. The number of ether oxygens (including phenoxy) is 4. The van der Waals surface area contributed by atoms with Gasteiger partial charge in [0, 0.05) is 18.2 Å². The van der Waals surface area contributed by atoms with Crippen molar-refractivity contribution < 1.29 is 38.4 Å². The molecular formula is C26H28N2O8. The maximum Gasteiger partial charge on any atom is 0.416 e. The van der Waals surface area contributed by atoms with Crippen molar-refractivity contribution in [2.75, 3.05) is 37.2 Å². The fraction of sp³-hybridized carbons (Fsp3) is 0.346. The summed E-state index contributed by atoms with van der Waals surface area (Å²) in [7, 11) is 2.74. The van der Waals surface area contributed by atoms with Gasteiger partial charge in [-0.2, -0.15) is 0 Å². The highest BCUT2D eigenvalue weighted by Gasteiger charge is 2.47. The van der Waals surface area contributed by atoms with E-state index in [0.29, 0.717) is 18.5 Å². The summed E-state index contributed by atoms with van der Waals surface area (Å²) in [4.78, 5) is 40.9. The highest BCUT2D eigenvalue weighted by Crippen LogP contribution is 2.44. The van der Waals surface area contributed by atoms with E-state index in [9.17, 15) is 19.5 Å². The molecule has 10 nitrogen and oxygen atoms in total. The second kappa shape index (κ2) is 10.7. The number of aliphatic hydroxyl groups excluding tert-OH is 1. The van der Waals surface area contributed by atoms with Crippen LogP contribution in [-0.2, 0) is 20.7 Å². The minimum atomic E-state index is -1.40. The predicted octanol–water partition coefficient (Wildman–Crippen LogP) is 3.06. The van der Waals surface area contributed by atoms with Crippen molar-refractivity contribution in [1.82, 2.24) is 0 Å². The molecule has 4 rings (SSSR count). The Morgan fingerprint density at radius 1 is 1.17 bits per heavy atom. The number of methoxy groups -OCH3 is 2. The van der Waals surface area contributed by atoms with Gasteiger partial charge in [-0.15, -0.1) is 0 Å². The van der Waals surface area contributed by atoms with Crippen molar-refractivity contribution >= 4 is 29.3 Å². The van der Waals surface area contributed by atoms with Crippen molar-refractivity contribution in [3.63, 3.8) is 0 Å². The average molecular weight is 497 g/mol. The van der Waals surface area contributed by atoms with Gasteiger partial charge in [-0.3, -0.25) is 9.59 Å². The van der Waals surface area contributed by atoms with Gasteiger partial charge in [0.15, 0.2) is 17.7 Å². The molecule has 2 aromatic rings. The third kappa shape index (κ3) is 4.59. The minimum Gasteiger partial charge on any atom is -0.493 e. The lowest BCUT2D eigenvalue weighted by Crippen LogP contribution is -2.52. The smallest absolute Gasteiger partial charge is 0.416 e. The maximum atomic E-state index is 13.8. The molecule has 2 aromatic carbocycles. The zero-order valence-corrected chi connectivity index (χ0v) is 20.1. The number of para-hydroxylation sites is 1. The van der Waals surface area contributed by atoms with Crippen LogP contribution in [0.15, 0.2) is 49.1 Å². The summed E-state index contributed by atoms with van der Waals surface area (Å²) in [5.74, 6) is -0.253. The average Bonchev–Trinajstić information content (AvgIpc) is 3.25. The Balaban J connectivity index is 1.77. The fourth-order valence-corrected chi connectivity index (χ4v) is 4.46. The molecule has 2 atom stereocenters. The van der Waals surface area contributed by atoms with Gasteiger partial charge in [0.25, 0.3) is 5.91 Å². The molecule has 0 saturated heterocycles. The van der Waals surface area contributed by atoms with Crippen LogP contribution in [0.5, 0.6) is 11.5 Å². The van der Waals surface area contributed by atoms with E-state index in [-0.39, 0.29) is 48.4 Å². The molecule has 1 N–H and O–H groups in total. The van der Waals surface area contributed by atoms with Crippen molar-refractivity contribution in [2.24, 2.45) is 0 Å². The molecule has 2 amide bonds. The van der Waals surface area contributed by atoms with Crippen LogP contribution in [0.25, 0.3) is 0 Å². The van der Waals surface area contributed by atoms with Crippen LogP contribution >= 0.6 is 0 Å². The first-order valence-corrected chi connectivity index (χ1v) is 11.5. The highest BCUT2D eigenvalue weighted by atomic mass is 16.6. The Morgan fingerprint density at radius 3 is 2.67 bits per heavy atom. The number of esters is 1. The van der Waals surface area contributed by atoms with E-state index in [1.54, 1.807) is 6.07 Å². The van der Waals surface area contributed by atoms with Crippen molar-refractivity contribution in [2.45, 2.75) is 31.5 Å².